The van der Waals surface area contributed by atoms with E-state index in [0.717, 1.165) is 6.42 Å². The highest BCUT2D eigenvalue weighted by Gasteiger charge is 2.03. The molecule has 102 valence electrons. The number of hydrogen-bond donors (Lipinski definition) is 2. The van der Waals surface area contributed by atoms with E-state index < -0.39 is 0 Å². The van der Waals surface area contributed by atoms with Crippen LogP contribution in [-0.2, 0) is 4.79 Å². The van der Waals surface area contributed by atoms with Gasteiger partial charge < -0.3 is 11.1 Å². The molecule has 0 aromatic carbocycles. The topological polar surface area (TPSA) is 55.1 Å². The number of carbonyl (C=O) groups excluding carboxylic acids is 1. The van der Waals surface area contributed by atoms with Crippen LogP contribution in [0.5, 0.6) is 0 Å². The first-order valence-corrected chi connectivity index (χ1v) is 7.17. The Labute approximate surface area is 107 Å². The SMILES string of the molecule is CCCCCCCCCC(=O)NCC(C)CN. The minimum Gasteiger partial charge on any atom is -0.356 e. The van der Waals surface area contributed by atoms with Crippen molar-refractivity contribution in [1.29, 1.82) is 0 Å². The van der Waals surface area contributed by atoms with Crippen LogP contribution in [0.4, 0.5) is 0 Å². The van der Waals surface area contributed by atoms with Crippen LogP contribution in [0.2, 0.25) is 0 Å². The quantitative estimate of drug-likeness (QED) is 0.547. The largest absolute Gasteiger partial charge is 0.356 e. The summed E-state index contributed by atoms with van der Waals surface area (Å²) in [6, 6.07) is 0. The summed E-state index contributed by atoms with van der Waals surface area (Å²) in [7, 11) is 0. The van der Waals surface area contributed by atoms with E-state index >= 15 is 0 Å². The maximum absolute atomic E-state index is 11.4. The Hall–Kier alpha value is -0.570. The highest BCUT2D eigenvalue weighted by atomic mass is 16.1. The molecule has 17 heavy (non-hydrogen) atoms. The number of nitrogens with one attached hydrogen (secondary N) is 1. The second kappa shape index (κ2) is 11.9. The van der Waals surface area contributed by atoms with Gasteiger partial charge in [0.25, 0.3) is 0 Å². The van der Waals surface area contributed by atoms with Crippen LogP contribution in [0.1, 0.15) is 65.2 Å². The molecule has 0 fully saturated rings. The molecule has 3 heteroatoms. The number of unbranched alkanes of at least 4 members (excludes halogenated alkanes) is 6. The maximum atomic E-state index is 11.4. The molecule has 1 atom stereocenters. The molecule has 0 spiro atoms. The molecule has 3 N–H and O–H groups in total. The zero-order valence-corrected chi connectivity index (χ0v) is 11.6. The summed E-state index contributed by atoms with van der Waals surface area (Å²) in [6.07, 6.45) is 9.45. The Morgan fingerprint density at radius 2 is 1.71 bits per heavy atom. The van der Waals surface area contributed by atoms with Crippen molar-refractivity contribution in [2.75, 3.05) is 13.1 Å². The average Bonchev–Trinajstić information content (AvgIpc) is 2.34. The lowest BCUT2D eigenvalue weighted by atomic mass is 10.1. The van der Waals surface area contributed by atoms with E-state index in [-0.39, 0.29) is 5.91 Å². The third-order valence-electron chi connectivity index (χ3n) is 3.06. The van der Waals surface area contributed by atoms with Gasteiger partial charge in [-0.3, -0.25) is 4.79 Å². The normalized spacial score (nSPS) is 12.4. The number of nitrogens with two attached hydrogens (primary N) is 1. The Morgan fingerprint density at radius 3 is 2.29 bits per heavy atom. The molecular weight excluding hydrogens is 212 g/mol. The van der Waals surface area contributed by atoms with E-state index in [9.17, 15) is 4.79 Å². The monoisotopic (exact) mass is 242 g/mol. The van der Waals surface area contributed by atoms with E-state index in [1.165, 1.54) is 38.5 Å². The number of carbonyl (C=O) groups is 1. The second-order valence-electron chi connectivity index (χ2n) is 5.02. The van der Waals surface area contributed by atoms with Crippen LogP contribution in [-0.4, -0.2) is 19.0 Å². The fourth-order valence-corrected chi connectivity index (χ4v) is 1.70. The van der Waals surface area contributed by atoms with Crippen molar-refractivity contribution in [3.05, 3.63) is 0 Å². The standard InChI is InChI=1S/C14H30N2O/c1-3-4-5-6-7-8-9-10-14(17)16-12-13(2)11-15/h13H,3-12,15H2,1-2H3,(H,16,17). The molecule has 1 unspecified atom stereocenters. The van der Waals surface area contributed by atoms with Crippen molar-refractivity contribution in [3.8, 4) is 0 Å². The molecule has 3 nitrogen and oxygen atoms in total. The van der Waals surface area contributed by atoms with Gasteiger partial charge >= 0.3 is 0 Å². The third-order valence-corrected chi connectivity index (χ3v) is 3.06. The Kier molecular flexibility index (Phi) is 11.5. The molecule has 0 rings (SSSR count). The lowest BCUT2D eigenvalue weighted by molar-refractivity contribution is -0.121. The highest BCUT2D eigenvalue weighted by molar-refractivity contribution is 5.75. The summed E-state index contributed by atoms with van der Waals surface area (Å²) < 4.78 is 0. The van der Waals surface area contributed by atoms with Crippen LogP contribution in [0.3, 0.4) is 0 Å². The van der Waals surface area contributed by atoms with Crippen LogP contribution in [0, 0.1) is 5.92 Å². The minimum absolute atomic E-state index is 0.179. The molecule has 0 bridgehead atoms. The van der Waals surface area contributed by atoms with Gasteiger partial charge in [0.1, 0.15) is 0 Å². The van der Waals surface area contributed by atoms with E-state index in [4.69, 9.17) is 5.73 Å². The van der Waals surface area contributed by atoms with E-state index in [1.807, 2.05) is 6.92 Å². The summed E-state index contributed by atoms with van der Waals surface area (Å²) in [5.41, 5.74) is 5.49. The number of amides is 1. The van der Waals surface area contributed by atoms with Crippen molar-refractivity contribution in [2.24, 2.45) is 11.7 Å². The van der Waals surface area contributed by atoms with Gasteiger partial charge in [-0.25, -0.2) is 0 Å². The first-order chi connectivity index (χ1) is 8.20. The minimum atomic E-state index is 0.179. The summed E-state index contributed by atoms with van der Waals surface area (Å²) in [5, 5.41) is 2.93. The van der Waals surface area contributed by atoms with E-state index in [1.54, 1.807) is 0 Å². The van der Waals surface area contributed by atoms with Crippen LogP contribution in [0.25, 0.3) is 0 Å². The molecule has 1 amide bonds. The van der Waals surface area contributed by atoms with Crippen molar-refractivity contribution in [3.63, 3.8) is 0 Å². The van der Waals surface area contributed by atoms with Crippen LogP contribution >= 0.6 is 0 Å². The molecule has 0 aliphatic heterocycles. The van der Waals surface area contributed by atoms with Crippen molar-refractivity contribution in [1.82, 2.24) is 5.32 Å². The summed E-state index contributed by atoms with van der Waals surface area (Å²) in [5.74, 6) is 0.562. The molecular formula is C14H30N2O. The van der Waals surface area contributed by atoms with Gasteiger partial charge in [-0.15, -0.1) is 0 Å². The molecule has 0 radical (unpaired) electrons. The average molecular weight is 242 g/mol. The Morgan fingerprint density at radius 1 is 1.12 bits per heavy atom. The Balaban J connectivity index is 3.22. The lowest BCUT2D eigenvalue weighted by Crippen LogP contribution is -2.31. The lowest BCUT2D eigenvalue weighted by Gasteiger charge is -2.09. The number of rotatable bonds is 11. The smallest absolute Gasteiger partial charge is 0.220 e. The van der Waals surface area contributed by atoms with Gasteiger partial charge in [-0.05, 0) is 18.9 Å². The summed E-state index contributed by atoms with van der Waals surface area (Å²) in [6.45, 7) is 5.63. The van der Waals surface area contributed by atoms with Crippen LogP contribution in [0.15, 0.2) is 0 Å². The predicted octanol–water partition coefficient (Wildman–Crippen LogP) is 2.84. The molecule has 0 saturated heterocycles. The zero-order chi connectivity index (χ0) is 12.9. The fourth-order valence-electron chi connectivity index (χ4n) is 1.70. The van der Waals surface area contributed by atoms with Crippen molar-refractivity contribution < 1.29 is 4.79 Å². The first-order valence-electron chi connectivity index (χ1n) is 7.17. The first kappa shape index (κ1) is 16.4. The molecule has 0 aliphatic rings. The van der Waals surface area contributed by atoms with Gasteiger partial charge in [-0.2, -0.15) is 0 Å². The van der Waals surface area contributed by atoms with Gasteiger partial charge in [-0.1, -0.05) is 52.4 Å². The molecule has 0 aliphatic carbocycles. The second-order valence-corrected chi connectivity index (χ2v) is 5.02. The molecule has 0 aromatic rings. The fraction of sp³-hybridized carbons (Fsp3) is 0.929. The summed E-state index contributed by atoms with van der Waals surface area (Å²) >= 11 is 0. The van der Waals surface area contributed by atoms with Crippen molar-refractivity contribution in [2.45, 2.75) is 65.2 Å². The number of hydrogen-bond acceptors (Lipinski definition) is 2. The summed E-state index contributed by atoms with van der Waals surface area (Å²) in [4.78, 5) is 11.4. The van der Waals surface area contributed by atoms with Crippen LogP contribution < -0.4 is 11.1 Å². The molecule has 0 aromatic heterocycles. The third kappa shape index (κ3) is 11.7. The maximum Gasteiger partial charge on any atom is 0.220 e. The predicted molar refractivity (Wildman–Crippen MR) is 73.8 cm³/mol. The zero-order valence-electron chi connectivity index (χ0n) is 11.6. The van der Waals surface area contributed by atoms with Gasteiger partial charge in [0.2, 0.25) is 5.91 Å². The van der Waals surface area contributed by atoms with Gasteiger partial charge in [0, 0.05) is 13.0 Å². The van der Waals surface area contributed by atoms with Gasteiger partial charge in [0.15, 0.2) is 0 Å². The Bertz CT molecular complexity index is 183. The molecule has 0 saturated carbocycles. The highest BCUT2D eigenvalue weighted by Crippen LogP contribution is 2.08. The molecule has 0 heterocycles. The van der Waals surface area contributed by atoms with Crippen molar-refractivity contribution >= 4 is 5.91 Å². The van der Waals surface area contributed by atoms with Gasteiger partial charge in [0.05, 0.1) is 0 Å². The van der Waals surface area contributed by atoms with E-state index in [2.05, 4.69) is 12.2 Å². The van der Waals surface area contributed by atoms with E-state index in [0.29, 0.717) is 25.4 Å².